The highest BCUT2D eigenvalue weighted by atomic mass is 35.5. The molecule has 2 aromatic rings. The molecule has 2 aliphatic rings. The average molecular weight is 434 g/mol. The summed E-state index contributed by atoms with van der Waals surface area (Å²) < 4.78 is 32.4. The number of likely N-dealkylation sites (tertiary alicyclic amines) is 1. The number of amides is 1. The second-order valence-corrected chi connectivity index (χ2v) is 9.58. The van der Waals surface area contributed by atoms with Gasteiger partial charge in [-0.3, -0.25) is 9.59 Å². The van der Waals surface area contributed by atoms with Crippen LogP contribution in [0.1, 0.15) is 36.9 Å². The molecule has 1 amide bonds. The van der Waals surface area contributed by atoms with Gasteiger partial charge in [-0.05, 0) is 50.1 Å². The summed E-state index contributed by atoms with van der Waals surface area (Å²) in [6.07, 6.45) is 0.334. The Hall–Kier alpha value is -2.38. The molecule has 2 unspecified atom stereocenters. The second-order valence-electron chi connectivity index (χ2n) is 7.29. The zero-order valence-electron chi connectivity index (χ0n) is 16.0. The number of rotatable bonds is 3. The van der Waals surface area contributed by atoms with E-state index >= 15 is 0 Å². The minimum absolute atomic E-state index is 0.00469. The van der Waals surface area contributed by atoms with Crippen LogP contribution in [0.15, 0.2) is 46.2 Å². The molecule has 1 fully saturated rings. The van der Waals surface area contributed by atoms with Crippen molar-refractivity contribution in [1.29, 1.82) is 0 Å². The van der Waals surface area contributed by atoms with Gasteiger partial charge >= 0.3 is 0 Å². The highest BCUT2D eigenvalue weighted by Gasteiger charge is 2.43. The zero-order valence-corrected chi connectivity index (χ0v) is 17.6. The standard InChI is InChI=1S/C21H20ClNO5S/c1-12-16(29(26,27)17-7-4-3-6-14(17)22)10-9-15-19(12)20(21(25)13(2)28-15)23-11-5-8-18(23)24/h3-4,6-7,9-10,13,20H,5,8,11H2,1-2H3. The Labute approximate surface area is 174 Å². The third-order valence-corrected chi connectivity index (χ3v) is 7.91. The van der Waals surface area contributed by atoms with Gasteiger partial charge < -0.3 is 9.64 Å². The van der Waals surface area contributed by atoms with Gasteiger partial charge in [-0.2, -0.15) is 0 Å². The van der Waals surface area contributed by atoms with Crippen molar-refractivity contribution in [3.8, 4) is 5.75 Å². The number of ketones is 1. The van der Waals surface area contributed by atoms with Gasteiger partial charge in [-0.1, -0.05) is 23.7 Å². The van der Waals surface area contributed by atoms with Crippen LogP contribution in [-0.2, 0) is 19.4 Å². The van der Waals surface area contributed by atoms with Gasteiger partial charge in [0.1, 0.15) is 11.8 Å². The normalized spacial score (nSPS) is 21.8. The van der Waals surface area contributed by atoms with E-state index in [1.807, 2.05) is 0 Å². The summed E-state index contributed by atoms with van der Waals surface area (Å²) in [5.74, 6) is 0.0720. The van der Waals surface area contributed by atoms with E-state index in [2.05, 4.69) is 0 Å². The second kappa shape index (κ2) is 7.15. The van der Waals surface area contributed by atoms with Crippen molar-refractivity contribution in [2.24, 2.45) is 0 Å². The summed E-state index contributed by atoms with van der Waals surface area (Å²) in [7, 11) is -3.93. The van der Waals surface area contributed by atoms with Crippen LogP contribution in [-0.4, -0.2) is 37.7 Å². The van der Waals surface area contributed by atoms with Crippen LogP contribution in [0.4, 0.5) is 0 Å². The van der Waals surface area contributed by atoms with E-state index < -0.39 is 22.0 Å². The van der Waals surface area contributed by atoms with Crippen molar-refractivity contribution in [3.05, 3.63) is 52.5 Å². The topological polar surface area (TPSA) is 80.8 Å². The highest BCUT2D eigenvalue weighted by molar-refractivity contribution is 7.91. The molecule has 0 radical (unpaired) electrons. The molecular weight excluding hydrogens is 414 g/mol. The number of nitrogens with zero attached hydrogens (tertiary/aromatic N) is 1. The first kappa shape index (κ1) is 19.9. The van der Waals surface area contributed by atoms with E-state index in [9.17, 15) is 18.0 Å². The molecule has 4 rings (SSSR count). The Balaban J connectivity index is 1.92. The van der Waals surface area contributed by atoms with E-state index in [1.54, 1.807) is 36.9 Å². The Morgan fingerprint density at radius 2 is 1.83 bits per heavy atom. The molecule has 2 aromatic carbocycles. The minimum atomic E-state index is -3.93. The van der Waals surface area contributed by atoms with Gasteiger partial charge in [-0.25, -0.2) is 8.42 Å². The van der Waals surface area contributed by atoms with E-state index in [4.69, 9.17) is 16.3 Å². The van der Waals surface area contributed by atoms with Crippen molar-refractivity contribution in [2.45, 2.75) is 48.6 Å². The Bertz CT molecular complexity index is 1130. The number of fused-ring (bicyclic) bond motifs is 1. The summed E-state index contributed by atoms with van der Waals surface area (Å²) in [5.41, 5.74) is 0.837. The monoisotopic (exact) mass is 433 g/mol. The van der Waals surface area contributed by atoms with E-state index in [1.165, 1.54) is 18.2 Å². The predicted molar refractivity (Wildman–Crippen MR) is 107 cm³/mol. The summed E-state index contributed by atoms with van der Waals surface area (Å²) in [5, 5.41) is 0.122. The quantitative estimate of drug-likeness (QED) is 0.740. The third kappa shape index (κ3) is 3.13. The Morgan fingerprint density at radius 1 is 1.10 bits per heavy atom. The summed E-state index contributed by atoms with van der Waals surface area (Å²) in [4.78, 5) is 26.9. The lowest BCUT2D eigenvalue weighted by Crippen LogP contribution is -2.44. The van der Waals surface area contributed by atoms with Crippen molar-refractivity contribution in [3.63, 3.8) is 0 Å². The summed E-state index contributed by atoms with van der Waals surface area (Å²) in [6, 6.07) is 8.41. The molecule has 1 saturated heterocycles. The van der Waals surface area contributed by atoms with Crippen LogP contribution in [0.3, 0.4) is 0 Å². The summed E-state index contributed by atoms with van der Waals surface area (Å²) >= 11 is 6.14. The molecule has 2 aliphatic heterocycles. The van der Waals surface area contributed by atoms with Gasteiger partial charge in [0.05, 0.1) is 14.8 Å². The van der Waals surface area contributed by atoms with Crippen LogP contribution >= 0.6 is 11.6 Å². The number of hydrogen-bond acceptors (Lipinski definition) is 5. The lowest BCUT2D eigenvalue weighted by Gasteiger charge is -2.36. The SMILES string of the molecule is Cc1c(S(=O)(=O)c2ccccc2Cl)ccc2c1C(N1CCCC1=O)C(=O)C(C)O2. The van der Waals surface area contributed by atoms with Gasteiger partial charge in [0.25, 0.3) is 0 Å². The first-order valence-electron chi connectivity index (χ1n) is 9.36. The zero-order chi connectivity index (χ0) is 20.9. The first-order chi connectivity index (χ1) is 13.7. The number of sulfone groups is 1. The molecular formula is C21H20ClNO5S. The molecule has 2 heterocycles. The highest BCUT2D eigenvalue weighted by Crippen LogP contribution is 2.43. The molecule has 6 nitrogen and oxygen atoms in total. The van der Waals surface area contributed by atoms with Gasteiger partial charge in [-0.15, -0.1) is 0 Å². The molecule has 0 N–H and O–H groups in total. The fourth-order valence-electron chi connectivity index (χ4n) is 4.06. The molecule has 0 aliphatic carbocycles. The molecule has 0 bridgehead atoms. The van der Waals surface area contributed by atoms with E-state index in [-0.39, 0.29) is 26.5 Å². The lowest BCUT2D eigenvalue weighted by molar-refractivity contribution is -0.141. The molecule has 152 valence electrons. The maximum Gasteiger partial charge on any atom is 0.223 e. The van der Waals surface area contributed by atoms with Crippen molar-refractivity contribution in [1.82, 2.24) is 4.90 Å². The lowest BCUT2D eigenvalue weighted by atomic mass is 9.91. The third-order valence-electron chi connectivity index (χ3n) is 5.51. The number of ether oxygens (including phenoxy) is 1. The maximum absolute atomic E-state index is 13.3. The van der Waals surface area contributed by atoms with Gasteiger partial charge in [0.2, 0.25) is 15.7 Å². The number of halogens is 1. The molecule has 29 heavy (non-hydrogen) atoms. The molecule has 0 saturated carbocycles. The molecule has 0 aromatic heterocycles. The molecule has 2 atom stereocenters. The van der Waals surface area contributed by atoms with E-state index in [0.29, 0.717) is 36.3 Å². The maximum atomic E-state index is 13.3. The predicted octanol–water partition coefficient (Wildman–Crippen LogP) is 3.49. The largest absolute Gasteiger partial charge is 0.482 e. The van der Waals surface area contributed by atoms with Crippen molar-refractivity contribution >= 4 is 33.1 Å². The summed E-state index contributed by atoms with van der Waals surface area (Å²) in [6.45, 7) is 3.74. The number of Topliss-reactive ketones (excluding diaryl/α,β-unsaturated/α-hetero) is 1. The Kier molecular flexibility index (Phi) is 4.91. The fraction of sp³-hybridized carbons (Fsp3) is 0.333. The minimum Gasteiger partial charge on any atom is -0.482 e. The van der Waals surface area contributed by atoms with Crippen LogP contribution in [0.2, 0.25) is 5.02 Å². The van der Waals surface area contributed by atoms with Crippen LogP contribution in [0, 0.1) is 6.92 Å². The number of benzene rings is 2. The van der Waals surface area contributed by atoms with Crippen LogP contribution < -0.4 is 4.74 Å². The van der Waals surface area contributed by atoms with Gasteiger partial charge in [0, 0.05) is 18.5 Å². The number of hydrogen-bond donors (Lipinski definition) is 0. The number of carbonyl (C=O) groups excluding carboxylic acids is 2. The fourth-order valence-corrected chi connectivity index (χ4v) is 6.08. The van der Waals surface area contributed by atoms with Crippen LogP contribution in [0.25, 0.3) is 0 Å². The van der Waals surface area contributed by atoms with Crippen molar-refractivity contribution < 1.29 is 22.7 Å². The first-order valence-corrected chi connectivity index (χ1v) is 11.2. The average Bonchev–Trinajstić information content (AvgIpc) is 3.09. The van der Waals surface area contributed by atoms with Crippen molar-refractivity contribution in [2.75, 3.05) is 6.54 Å². The Morgan fingerprint density at radius 3 is 2.48 bits per heavy atom. The number of carbonyl (C=O) groups is 2. The molecule has 8 heteroatoms. The smallest absolute Gasteiger partial charge is 0.223 e. The van der Waals surface area contributed by atoms with Crippen LogP contribution in [0.5, 0.6) is 5.75 Å². The molecule has 0 spiro atoms. The van der Waals surface area contributed by atoms with E-state index in [0.717, 1.165) is 0 Å². The van der Waals surface area contributed by atoms with Gasteiger partial charge in [0.15, 0.2) is 11.9 Å².